The van der Waals surface area contributed by atoms with Crippen LogP contribution in [0.3, 0.4) is 0 Å². The maximum Gasteiger partial charge on any atom is 0.336 e. The van der Waals surface area contributed by atoms with E-state index < -0.39 is 29.6 Å². The van der Waals surface area contributed by atoms with Gasteiger partial charge in [0.15, 0.2) is 17.3 Å². The van der Waals surface area contributed by atoms with Crippen molar-refractivity contribution in [3.05, 3.63) is 46.3 Å². The summed E-state index contributed by atoms with van der Waals surface area (Å²) in [5.74, 6) is -3.58. The molecule has 0 fully saturated rings. The van der Waals surface area contributed by atoms with E-state index in [2.05, 4.69) is 5.32 Å². The molecular formula is C26H33NO8. The first kappa shape index (κ1) is 26.3. The van der Waals surface area contributed by atoms with Gasteiger partial charge in [-0.25, -0.2) is 4.79 Å². The smallest absolute Gasteiger partial charge is 0.336 e. The van der Waals surface area contributed by atoms with Crippen LogP contribution in [0.15, 0.2) is 40.7 Å². The van der Waals surface area contributed by atoms with Crippen LogP contribution in [0.25, 0.3) is 0 Å². The number of methoxy groups -OCH3 is 2. The van der Waals surface area contributed by atoms with Gasteiger partial charge in [0, 0.05) is 29.5 Å². The number of nitrogens with one attached hydrogen (secondary N) is 1. The Labute approximate surface area is 205 Å². The molecule has 0 unspecified atom stereocenters. The molecule has 2 N–H and O–H groups in total. The van der Waals surface area contributed by atoms with Gasteiger partial charge in [0.1, 0.15) is 12.5 Å². The van der Waals surface area contributed by atoms with Crippen LogP contribution in [0.5, 0.6) is 11.5 Å². The molecular weight excluding hydrogens is 454 g/mol. The molecule has 2 aliphatic rings. The predicted octanol–water partition coefficient (Wildman–Crippen LogP) is 2.98. The lowest BCUT2D eigenvalue weighted by atomic mass is 9.69. The molecule has 190 valence electrons. The maximum atomic E-state index is 13.7. The molecule has 0 aromatic heterocycles. The minimum Gasteiger partial charge on any atom is -0.504 e. The molecule has 3 rings (SSSR count). The fourth-order valence-electron chi connectivity index (χ4n) is 4.68. The molecule has 9 nitrogen and oxygen atoms in total. The van der Waals surface area contributed by atoms with Crippen LogP contribution >= 0.6 is 0 Å². The van der Waals surface area contributed by atoms with Crippen molar-refractivity contribution in [1.82, 2.24) is 5.32 Å². The number of carbonyl (C=O) groups excluding carboxylic acids is 3. The zero-order chi connectivity index (χ0) is 25.7. The summed E-state index contributed by atoms with van der Waals surface area (Å²) in [5.41, 5.74) is 2.31. The Morgan fingerprint density at radius 2 is 1.91 bits per heavy atom. The van der Waals surface area contributed by atoms with Crippen LogP contribution in [0.2, 0.25) is 0 Å². The van der Waals surface area contributed by atoms with Gasteiger partial charge in [-0.05, 0) is 43.4 Å². The standard InChI is InChI=1S/C26H33NO8/c1-6-9-34-10-11-35-26(31)21-15(3)27-17-12-14(2)20(25(30)33-5)24(29)23(17)22(21)16-7-8-18(28)19(13-16)32-4/h7-8,13-14,20,22,27-28H,6,9-12H2,1-5H3/t14-,20+,22+/m1/s1. The number of rotatable bonds is 9. The molecule has 0 amide bonds. The maximum absolute atomic E-state index is 13.7. The van der Waals surface area contributed by atoms with Crippen molar-refractivity contribution in [2.75, 3.05) is 34.0 Å². The van der Waals surface area contributed by atoms with Gasteiger partial charge in [-0.3, -0.25) is 9.59 Å². The number of phenolic OH excluding ortho intramolecular Hbond substituents is 1. The highest BCUT2D eigenvalue weighted by Crippen LogP contribution is 2.46. The van der Waals surface area contributed by atoms with E-state index in [4.69, 9.17) is 18.9 Å². The number of carbonyl (C=O) groups is 3. The van der Waals surface area contributed by atoms with Crippen molar-refractivity contribution in [3.8, 4) is 11.5 Å². The first-order valence-corrected chi connectivity index (χ1v) is 11.7. The van der Waals surface area contributed by atoms with E-state index in [0.29, 0.717) is 35.6 Å². The number of ether oxygens (including phenoxy) is 4. The van der Waals surface area contributed by atoms with Crippen molar-refractivity contribution in [1.29, 1.82) is 0 Å². The number of dihydropyridines is 1. The summed E-state index contributed by atoms with van der Waals surface area (Å²) in [6.45, 7) is 6.44. The summed E-state index contributed by atoms with van der Waals surface area (Å²) in [6, 6.07) is 4.65. The van der Waals surface area contributed by atoms with Crippen LogP contribution in [0.4, 0.5) is 0 Å². The zero-order valence-corrected chi connectivity index (χ0v) is 20.8. The second-order valence-corrected chi connectivity index (χ2v) is 8.71. The molecule has 0 saturated carbocycles. The first-order chi connectivity index (χ1) is 16.7. The van der Waals surface area contributed by atoms with E-state index in [-0.39, 0.29) is 36.2 Å². The van der Waals surface area contributed by atoms with E-state index in [0.717, 1.165) is 6.42 Å². The molecule has 35 heavy (non-hydrogen) atoms. The summed E-state index contributed by atoms with van der Waals surface area (Å²) in [5, 5.41) is 13.3. The average Bonchev–Trinajstić information content (AvgIpc) is 2.83. The number of Topliss-reactive ketones (excluding diaryl/α,β-unsaturated/α-hetero) is 1. The van der Waals surface area contributed by atoms with Gasteiger partial charge in [-0.2, -0.15) is 0 Å². The van der Waals surface area contributed by atoms with Gasteiger partial charge in [0.25, 0.3) is 0 Å². The quantitative estimate of drug-likeness (QED) is 0.308. The molecule has 0 bridgehead atoms. The van der Waals surface area contributed by atoms with Gasteiger partial charge in [-0.15, -0.1) is 0 Å². The molecule has 1 aliphatic heterocycles. The second-order valence-electron chi connectivity index (χ2n) is 8.71. The third kappa shape index (κ3) is 5.35. The largest absolute Gasteiger partial charge is 0.504 e. The molecule has 0 spiro atoms. The normalized spacial score (nSPS) is 21.9. The summed E-state index contributed by atoms with van der Waals surface area (Å²) >= 11 is 0. The Morgan fingerprint density at radius 3 is 2.57 bits per heavy atom. The van der Waals surface area contributed by atoms with Crippen LogP contribution < -0.4 is 10.1 Å². The van der Waals surface area contributed by atoms with Gasteiger partial charge < -0.3 is 29.4 Å². The number of hydrogen-bond donors (Lipinski definition) is 2. The Bertz CT molecular complexity index is 1060. The third-order valence-corrected chi connectivity index (χ3v) is 6.31. The molecule has 1 aliphatic carbocycles. The minimum absolute atomic E-state index is 0.0584. The van der Waals surface area contributed by atoms with E-state index in [1.165, 1.54) is 20.3 Å². The zero-order valence-electron chi connectivity index (χ0n) is 20.8. The molecule has 9 heteroatoms. The lowest BCUT2D eigenvalue weighted by Gasteiger charge is -2.38. The summed E-state index contributed by atoms with van der Waals surface area (Å²) in [7, 11) is 2.67. The Hall–Kier alpha value is -3.33. The van der Waals surface area contributed by atoms with Crippen LogP contribution in [0.1, 0.15) is 45.1 Å². The van der Waals surface area contributed by atoms with Gasteiger partial charge in [-0.1, -0.05) is 19.9 Å². The van der Waals surface area contributed by atoms with E-state index >= 15 is 0 Å². The number of esters is 2. The highest BCUT2D eigenvalue weighted by molar-refractivity contribution is 6.12. The summed E-state index contributed by atoms with van der Waals surface area (Å²) in [6.07, 6.45) is 1.28. The molecule has 1 heterocycles. The number of phenols is 1. The Morgan fingerprint density at radius 1 is 1.17 bits per heavy atom. The Balaban J connectivity index is 2.07. The lowest BCUT2D eigenvalue weighted by molar-refractivity contribution is -0.151. The summed E-state index contributed by atoms with van der Waals surface area (Å²) < 4.78 is 21.1. The van der Waals surface area contributed by atoms with Crippen LogP contribution in [-0.2, 0) is 28.6 Å². The van der Waals surface area contributed by atoms with Gasteiger partial charge >= 0.3 is 11.9 Å². The molecule has 0 radical (unpaired) electrons. The monoisotopic (exact) mass is 487 g/mol. The van der Waals surface area contributed by atoms with Crippen LogP contribution in [0, 0.1) is 11.8 Å². The number of benzene rings is 1. The predicted molar refractivity (Wildman–Crippen MR) is 127 cm³/mol. The second kappa shape index (κ2) is 11.4. The minimum atomic E-state index is -0.986. The highest BCUT2D eigenvalue weighted by atomic mass is 16.6. The molecule has 1 aromatic carbocycles. The van der Waals surface area contributed by atoms with Crippen molar-refractivity contribution >= 4 is 17.7 Å². The number of hydrogen-bond acceptors (Lipinski definition) is 9. The molecule has 3 atom stereocenters. The van der Waals surface area contributed by atoms with Crippen molar-refractivity contribution in [3.63, 3.8) is 0 Å². The number of aromatic hydroxyl groups is 1. The number of allylic oxidation sites excluding steroid dienone is 3. The average molecular weight is 488 g/mol. The SMILES string of the molecule is CCCOCCOC(=O)C1=C(C)NC2=C(C(=O)[C@@H](C(=O)OC)[C@H](C)C2)[C@H]1c1ccc(O)c(OC)c1. The first-order valence-electron chi connectivity index (χ1n) is 11.7. The number of ketones is 1. The fourth-order valence-corrected chi connectivity index (χ4v) is 4.68. The molecule has 0 saturated heterocycles. The summed E-state index contributed by atoms with van der Waals surface area (Å²) in [4.78, 5) is 39.5. The van der Waals surface area contributed by atoms with Crippen LogP contribution in [-0.4, -0.2) is 56.9 Å². The van der Waals surface area contributed by atoms with Crippen molar-refractivity contribution < 1.29 is 38.4 Å². The van der Waals surface area contributed by atoms with E-state index in [1.54, 1.807) is 19.1 Å². The highest BCUT2D eigenvalue weighted by Gasteiger charge is 2.47. The van der Waals surface area contributed by atoms with Gasteiger partial charge in [0.2, 0.25) is 0 Å². The molecule has 1 aromatic rings. The lowest BCUT2D eigenvalue weighted by Crippen LogP contribution is -2.43. The van der Waals surface area contributed by atoms with Crippen molar-refractivity contribution in [2.45, 2.75) is 39.5 Å². The van der Waals surface area contributed by atoms with E-state index in [9.17, 15) is 19.5 Å². The van der Waals surface area contributed by atoms with Crippen molar-refractivity contribution in [2.24, 2.45) is 11.8 Å². The fraction of sp³-hybridized carbons (Fsp3) is 0.500. The third-order valence-electron chi connectivity index (χ3n) is 6.31. The Kier molecular flexibility index (Phi) is 8.56. The van der Waals surface area contributed by atoms with Gasteiger partial charge in [0.05, 0.1) is 26.4 Å². The van der Waals surface area contributed by atoms with E-state index in [1.807, 2.05) is 13.8 Å². The topological polar surface area (TPSA) is 120 Å².